The van der Waals surface area contributed by atoms with Gasteiger partial charge in [-0.25, -0.2) is 4.79 Å². The molecule has 29 heavy (non-hydrogen) atoms. The molecule has 7 heteroatoms. The van der Waals surface area contributed by atoms with Crippen molar-refractivity contribution < 1.29 is 34.1 Å². The SMILES string of the molecule is CC1=CC2=C(C=O)C3=C(C(=O)CCCCC[C@@H](C)O)C(=O)O[C@]3(C)[C@H](O)C2=CO1. The van der Waals surface area contributed by atoms with Crippen molar-refractivity contribution in [1.82, 2.24) is 0 Å². The van der Waals surface area contributed by atoms with Gasteiger partial charge in [0, 0.05) is 23.1 Å². The van der Waals surface area contributed by atoms with Crippen LogP contribution in [0.3, 0.4) is 0 Å². The zero-order valence-corrected chi connectivity index (χ0v) is 16.9. The Balaban J connectivity index is 1.97. The van der Waals surface area contributed by atoms with Crippen LogP contribution in [0.4, 0.5) is 0 Å². The number of fused-ring (bicyclic) bond motifs is 2. The number of esters is 1. The monoisotopic (exact) mass is 402 g/mol. The summed E-state index contributed by atoms with van der Waals surface area (Å²) in [5, 5.41) is 20.2. The quantitative estimate of drug-likeness (QED) is 0.277. The number of unbranched alkanes of at least 4 members (excludes halogenated alkanes) is 2. The van der Waals surface area contributed by atoms with Crippen LogP contribution in [0.15, 0.2) is 46.0 Å². The van der Waals surface area contributed by atoms with Crippen LogP contribution in [-0.4, -0.2) is 46.1 Å². The molecule has 1 aliphatic carbocycles. The van der Waals surface area contributed by atoms with Crippen LogP contribution in [0, 0.1) is 0 Å². The summed E-state index contributed by atoms with van der Waals surface area (Å²) in [5.74, 6) is -0.704. The van der Waals surface area contributed by atoms with Crippen molar-refractivity contribution in [1.29, 1.82) is 0 Å². The van der Waals surface area contributed by atoms with Crippen molar-refractivity contribution in [2.24, 2.45) is 0 Å². The van der Waals surface area contributed by atoms with Crippen LogP contribution in [0.25, 0.3) is 0 Å². The first-order valence-corrected chi connectivity index (χ1v) is 9.83. The Bertz CT molecular complexity index is 872. The molecule has 2 N–H and O–H groups in total. The highest BCUT2D eigenvalue weighted by molar-refractivity contribution is 6.21. The summed E-state index contributed by atoms with van der Waals surface area (Å²) < 4.78 is 10.8. The molecule has 0 aromatic heterocycles. The molecule has 0 bridgehead atoms. The van der Waals surface area contributed by atoms with Crippen LogP contribution < -0.4 is 0 Å². The fraction of sp³-hybridized carbons (Fsp3) is 0.500. The second-order valence-electron chi connectivity index (χ2n) is 7.91. The molecule has 3 rings (SSSR count). The summed E-state index contributed by atoms with van der Waals surface area (Å²) >= 11 is 0. The molecule has 0 amide bonds. The number of hydrogen-bond donors (Lipinski definition) is 2. The Morgan fingerprint density at radius 2 is 2.07 bits per heavy atom. The fourth-order valence-corrected chi connectivity index (χ4v) is 4.06. The van der Waals surface area contributed by atoms with E-state index in [1.54, 1.807) is 19.9 Å². The number of aldehydes is 1. The molecule has 2 aliphatic heterocycles. The lowest BCUT2D eigenvalue weighted by Crippen LogP contribution is -2.47. The van der Waals surface area contributed by atoms with Crippen LogP contribution in [-0.2, 0) is 23.9 Å². The maximum Gasteiger partial charge on any atom is 0.343 e. The fourth-order valence-electron chi connectivity index (χ4n) is 4.06. The number of ether oxygens (including phenoxy) is 2. The second-order valence-corrected chi connectivity index (χ2v) is 7.91. The molecule has 0 saturated carbocycles. The number of carbonyl (C=O) groups excluding carboxylic acids is 3. The van der Waals surface area contributed by atoms with E-state index < -0.39 is 23.5 Å². The third-order valence-electron chi connectivity index (χ3n) is 5.58. The first-order valence-electron chi connectivity index (χ1n) is 9.83. The zero-order valence-electron chi connectivity index (χ0n) is 16.9. The molecule has 156 valence electrons. The molecule has 3 aliphatic rings. The van der Waals surface area contributed by atoms with E-state index in [0.29, 0.717) is 36.0 Å². The van der Waals surface area contributed by atoms with E-state index in [4.69, 9.17) is 9.47 Å². The molecule has 0 spiro atoms. The molecular weight excluding hydrogens is 376 g/mol. The van der Waals surface area contributed by atoms with Gasteiger partial charge in [0.15, 0.2) is 17.7 Å². The van der Waals surface area contributed by atoms with Gasteiger partial charge in [-0.15, -0.1) is 0 Å². The zero-order chi connectivity index (χ0) is 21.3. The van der Waals surface area contributed by atoms with Crippen molar-refractivity contribution in [2.75, 3.05) is 0 Å². The average molecular weight is 402 g/mol. The largest absolute Gasteiger partial charge is 0.469 e. The standard InChI is InChI=1S/C22H26O7/c1-12(24)7-5-4-6-8-17(25)18-19-15(10-23)14-9-13(2)28-11-16(14)20(26)22(19,3)29-21(18)27/h9-12,20,24,26H,4-8H2,1-3H3/t12-,20-,22+/m1/s1. The van der Waals surface area contributed by atoms with Gasteiger partial charge in [0.05, 0.1) is 12.4 Å². The van der Waals surface area contributed by atoms with E-state index in [2.05, 4.69) is 0 Å². The number of allylic oxidation sites excluding steroid dienone is 2. The van der Waals surface area contributed by atoms with Crippen molar-refractivity contribution >= 4 is 18.0 Å². The maximum absolute atomic E-state index is 12.9. The minimum atomic E-state index is -1.53. The highest BCUT2D eigenvalue weighted by atomic mass is 16.6. The van der Waals surface area contributed by atoms with E-state index in [0.717, 1.165) is 12.8 Å². The predicted octanol–water partition coefficient (Wildman–Crippen LogP) is 2.19. The van der Waals surface area contributed by atoms with Crippen LogP contribution in [0.2, 0.25) is 0 Å². The van der Waals surface area contributed by atoms with Gasteiger partial charge >= 0.3 is 5.97 Å². The van der Waals surface area contributed by atoms with Gasteiger partial charge in [-0.2, -0.15) is 0 Å². The van der Waals surface area contributed by atoms with Gasteiger partial charge < -0.3 is 19.7 Å². The number of rotatable bonds is 8. The lowest BCUT2D eigenvalue weighted by atomic mass is 9.71. The molecule has 0 saturated heterocycles. The second kappa shape index (κ2) is 8.08. The summed E-state index contributed by atoms with van der Waals surface area (Å²) in [4.78, 5) is 37.4. The van der Waals surface area contributed by atoms with Crippen LogP contribution in [0.1, 0.15) is 52.9 Å². The highest BCUT2D eigenvalue weighted by Crippen LogP contribution is 2.49. The maximum atomic E-state index is 12.9. The van der Waals surface area contributed by atoms with Crippen molar-refractivity contribution in [3.05, 3.63) is 46.0 Å². The molecule has 2 heterocycles. The van der Waals surface area contributed by atoms with Crippen LogP contribution >= 0.6 is 0 Å². The average Bonchev–Trinajstić information content (AvgIpc) is 2.93. The van der Waals surface area contributed by atoms with Crippen molar-refractivity contribution in [3.8, 4) is 0 Å². The third-order valence-corrected chi connectivity index (χ3v) is 5.58. The number of aliphatic hydroxyl groups is 2. The summed E-state index contributed by atoms with van der Waals surface area (Å²) in [5.41, 5.74) is -0.601. The number of carbonyl (C=O) groups is 3. The van der Waals surface area contributed by atoms with E-state index in [1.165, 1.54) is 13.2 Å². The lowest BCUT2D eigenvalue weighted by Gasteiger charge is -2.39. The number of hydrogen-bond acceptors (Lipinski definition) is 7. The first kappa shape index (κ1) is 21.2. The van der Waals surface area contributed by atoms with Crippen LogP contribution in [0.5, 0.6) is 0 Å². The van der Waals surface area contributed by atoms with Gasteiger partial charge in [0.1, 0.15) is 17.4 Å². The van der Waals surface area contributed by atoms with E-state index >= 15 is 0 Å². The van der Waals surface area contributed by atoms with Gasteiger partial charge in [0.2, 0.25) is 0 Å². The topological polar surface area (TPSA) is 110 Å². The Labute approximate surface area is 169 Å². The minimum absolute atomic E-state index is 0.127. The Hall–Kier alpha value is -2.51. The Kier molecular flexibility index (Phi) is 5.91. The molecule has 0 radical (unpaired) electrons. The van der Waals surface area contributed by atoms with Gasteiger partial charge in [-0.3, -0.25) is 9.59 Å². The normalized spacial score (nSPS) is 26.8. The molecule has 7 nitrogen and oxygen atoms in total. The third kappa shape index (κ3) is 3.72. The molecule has 3 atom stereocenters. The van der Waals surface area contributed by atoms with Gasteiger partial charge in [0.25, 0.3) is 0 Å². The molecular formula is C22H26O7. The molecule has 0 unspecified atom stereocenters. The van der Waals surface area contributed by atoms with Crippen molar-refractivity contribution in [3.63, 3.8) is 0 Å². The van der Waals surface area contributed by atoms with E-state index in [1.807, 2.05) is 0 Å². The molecule has 0 aromatic rings. The minimum Gasteiger partial charge on any atom is -0.469 e. The van der Waals surface area contributed by atoms with Gasteiger partial charge in [-0.05, 0) is 45.3 Å². The number of aliphatic hydroxyl groups excluding tert-OH is 2. The summed E-state index contributed by atoms with van der Waals surface area (Å²) in [7, 11) is 0. The molecule has 0 fully saturated rings. The van der Waals surface area contributed by atoms with Gasteiger partial charge in [-0.1, -0.05) is 12.8 Å². The molecule has 0 aromatic carbocycles. The Morgan fingerprint density at radius 1 is 1.34 bits per heavy atom. The summed E-state index contributed by atoms with van der Waals surface area (Å²) in [6, 6.07) is 0. The van der Waals surface area contributed by atoms with Crippen molar-refractivity contribution in [2.45, 2.75) is 70.7 Å². The number of Topliss-reactive ketones (excluding diaryl/α,β-unsaturated/α-hetero) is 1. The van der Waals surface area contributed by atoms with E-state index in [-0.39, 0.29) is 29.2 Å². The summed E-state index contributed by atoms with van der Waals surface area (Å²) in [6.07, 6.45) is 4.75. The Morgan fingerprint density at radius 3 is 2.72 bits per heavy atom. The smallest absolute Gasteiger partial charge is 0.343 e. The lowest BCUT2D eigenvalue weighted by molar-refractivity contribution is -0.153. The highest BCUT2D eigenvalue weighted by Gasteiger charge is 2.56. The first-order chi connectivity index (χ1) is 13.7. The van der Waals surface area contributed by atoms with E-state index in [9.17, 15) is 24.6 Å². The summed E-state index contributed by atoms with van der Waals surface area (Å²) in [6.45, 7) is 4.91. The predicted molar refractivity (Wildman–Crippen MR) is 103 cm³/mol. The number of ketones is 1.